The SMILES string of the molecule is CCN(c1ncnc2[nH]ccc12)[C@@H]1CCN(S(=O)(=O)c2cccc(C#N)c2)C1. The van der Waals surface area contributed by atoms with Crippen LogP contribution in [0, 0.1) is 11.3 Å². The molecule has 4 rings (SSSR count). The highest BCUT2D eigenvalue weighted by Crippen LogP contribution is 2.29. The van der Waals surface area contributed by atoms with Crippen molar-refractivity contribution in [1.29, 1.82) is 5.26 Å². The van der Waals surface area contributed by atoms with Gasteiger partial charge in [-0.2, -0.15) is 9.57 Å². The number of nitrogens with zero attached hydrogens (tertiary/aromatic N) is 5. The van der Waals surface area contributed by atoms with Gasteiger partial charge < -0.3 is 9.88 Å². The number of anilines is 1. The molecular weight excluding hydrogens is 376 g/mol. The van der Waals surface area contributed by atoms with Gasteiger partial charge in [0, 0.05) is 31.9 Å². The van der Waals surface area contributed by atoms with Crippen LogP contribution in [0.3, 0.4) is 0 Å². The summed E-state index contributed by atoms with van der Waals surface area (Å²) in [6.07, 6.45) is 4.05. The van der Waals surface area contributed by atoms with Gasteiger partial charge in [-0.3, -0.25) is 0 Å². The average Bonchev–Trinajstić information content (AvgIpc) is 3.39. The number of hydrogen-bond donors (Lipinski definition) is 1. The summed E-state index contributed by atoms with van der Waals surface area (Å²) in [7, 11) is -3.64. The summed E-state index contributed by atoms with van der Waals surface area (Å²) in [4.78, 5) is 14.1. The first-order valence-electron chi connectivity index (χ1n) is 9.09. The predicted octanol–water partition coefficient (Wildman–Crippen LogP) is 2.12. The number of rotatable bonds is 5. The van der Waals surface area contributed by atoms with Gasteiger partial charge in [0.2, 0.25) is 10.0 Å². The fourth-order valence-corrected chi connectivity index (χ4v) is 5.27. The van der Waals surface area contributed by atoms with E-state index in [-0.39, 0.29) is 10.9 Å². The van der Waals surface area contributed by atoms with Crippen molar-refractivity contribution in [3.05, 3.63) is 48.4 Å². The second-order valence-corrected chi connectivity index (χ2v) is 8.61. The highest BCUT2D eigenvalue weighted by Gasteiger charge is 2.36. The Balaban J connectivity index is 1.60. The third kappa shape index (κ3) is 3.10. The lowest BCUT2D eigenvalue weighted by Crippen LogP contribution is -2.39. The lowest BCUT2D eigenvalue weighted by molar-refractivity contribution is 0.469. The molecule has 28 heavy (non-hydrogen) atoms. The molecule has 3 heterocycles. The molecule has 1 fully saturated rings. The fraction of sp³-hybridized carbons (Fsp3) is 0.316. The minimum atomic E-state index is -3.64. The van der Waals surface area contributed by atoms with E-state index in [9.17, 15) is 8.42 Å². The third-order valence-electron chi connectivity index (χ3n) is 5.11. The van der Waals surface area contributed by atoms with Crippen LogP contribution in [0.15, 0.2) is 47.8 Å². The molecule has 9 heteroatoms. The Labute approximate surface area is 163 Å². The van der Waals surface area contributed by atoms with Crippen molar-refractivity contribution in [3.63, 3.8) is 0 Å². The van der Waals surface area contributed by atoms with E-state index in [0.717, 1.165) is 16.9 Å². The number of benzene rings is 1. The highest BCUT2D eigenvalue weighted by molar-refractivity contribution is 7.89. The molecule has 1 N–H and O–H groups in total. The van der Waals surface area contributed by atoms with Crippen molar-refractivity contribution in [3.8, 4) is 6.07 Å². The molecule has 1 aliphatic heterocycles. The summed E-state index contributed by atoms with van der Waals surface area (Å²) in [6.45, 7) is 3.55. The van der Waals surface area contributed by atoms with E-state index in [4.69, 9.17) is 5.26 Å². The van der Waals surface area contributed by atoms with Crippen LogP contribution < -0.4 is 4.90 Å². The second-order valence-electron chi connectivity index (χ2n) is 6.67. The average molecular weight is 396 g/mol. The molecule has 144 valence electrons. The third-order valence-corrected chi connectivity index (χ3v) is 6.97. The van der Waals surface area contributed by atoms with Crippen LogP contribution in [0.5, 0.6) is 0 Å². The van der Waals surface area contributed by atoms with Gasteiger partial charge in [-0.05, 0) is 37.6 Å². The molecule has 0 bridgehead atoms. The normalized spacial score (nSPS) is 17.6. The summed E-state index contributed by atoms with van der Waals surface area (Å²) in [5.74, 6) is 0.810. The lowest BCUT2D eigenvalue weighted by atomic mass is 10.2. The zero-order chi connectivity index (χ0) is 19.7. The van der Waals surface area contributed by atoms with Crippen LogP contribution in [-0.2, 0) is 10.0 Å². The molecule has 0 unspecified atom stereocenters. The van der Waals surface area contributed by atoms with Crippen LogP contribution in [0.2, 0.25) is 0 Å². The zero-order valence-corrected chi connectivity index (χ0v) is 16.2. The van der Waals surface area contributed by atoms with Crippen LogP contribution in [0.25, 0.3) is 11.0 Å². The summed E-state index contributed by atoms with van der Waals surface area (Å²) in [5, 5.41) is 9.98. The van der Waals surface area contributed by atoms with Crippen molar-refractivity contribution in [2.24, 2.45) is 0 Å². The van der Waals surface area contributed by atoms with Crippen molar-refractivity contribution in [2.45, 2.75) is 24.3 Å². The molecule has 1 atom stereocenters. The molecule has 2 aromatic heterocycles. The van der Waals surface area contributed by atoms with Crippen LogP contribution in [-0.4, -0.2) is 53.4 Å². The smallest absolute Gasteiger partial charge is 0.243 e. The Morgan fingerprint density at radius 1 is 1.36 bits per heavy atom. The van der Waals surface area contributed by atoms with E-state index in [0.29, 0.717) is 31.6 Å². The number of sulfonamides is 1. The summed E-state index contributed by atoms with van der Waals surface area (Å²) >= 11 is 0. The Morgan fingerprint density at radius 2 is 2.21 bits per heavy atom. The van der Waals surface area contributed by atoms with E-state index < -0.39 is 10.0 Å². The Kier molecular flexibility index (Phi) is 4.75. The molecule has 0 saturated carbocycles. The number of likely N-dealkylation sites (N-methyl/N-ethyl adjacent to an activating group) is 1. The van der Waals surface area contributed by atoms with Crippen molar-refractivity contribution >= 4 is 26.9 Å². The maximum Gasteiger partial charge on any atom is 0.243 e. The summed E-state index contributed by atoms with van der Waals surface area (Å²) in [6, 6.07) is 10.1. The molecule has 0 spiro atoms. The molecule has 8 nitrogen and oxygen atoms in total. The van der Waals surface area contributed by atoms with Gasteiger partial charge in [-0.15, -0.1) is 0 Å². The maximum atomic E-state index is 13.0. The quantitative estimate of drug-likeness (QED) is 0.708. The minimum absolute atomic E-state index is 0.0203. The van der Waals surface area contributed by atoms with Gasteiger partial charge >= 0.3 is 0 Å². The number of H-pyrrole nitrogens is 1. The van der Waals surface area contributed by atoms with Crippen molar-refractivity contribution in [2.75, 3.05) is 24.5 Å². The summed E-state index contributed by atoms with van der Waals surface area (Å²) < 4.78 is 27.6. The molecule has 1 aliphatic rings. The first-order chi connectivity index (χ1) is 13.5. The first-order valence-corrected chi connectivity index (χ1v) is 10.5. The number of aromatic nitrogens is 3. The van der Waals surface area contributed by atoms with Gasteiger partial charge in [-0.1, -0.05) is 6.07 Å². The maximum absolute atomic E-state index is 13.0. The number of aromatic amines is 1. The monoisotopic (exact) mass is 396 g/mol. The first kappa shape index (κ1) is 18.4. The lowest BCUT2D eigenvalue weighted by Gasteiger charge is -2.29. The van der Waals surface area contributed by atoms with Gasteiger partial charge in [0.15, 0.2) is 0 Å². The fourth-order valence-electron chi connectivity index (χ4n) is 3.73. The molecule has 0 amide bonds. The number of nitriles is 1. The topological polar surface area (TPSA) is 106 Å². The number of nitrogens with one attached hydrogen (secondary N) is 1. The zero-order valence-electron chi connectivity index (χ0n) is 15.4. The van der Waals surface area contributed by atoms with E-state index in [1.165, 1.54) is 22.8 Å². The molecular formula is C19H20N6O2S. The van der Waals surface area contributed by atoms with Crippen LogP contribution in [0.1, 0.15) is 18.9 Å². The largest absolute Gasteiger partial charge is 0.352 e. The Bertz CT molecular complexity index is 1150. The molecule has 1 aromatic carbocycles. The second kappa shape index (κ2) is 7.22. The van der Waals surface area contributed by atoms with Gasteiger partial charge in [0.25, 0.3) is 0 Å². The minimum Gasteiger partial charge on any atom is -0.352 e. The molecule has 3 aromatic rings. The van der Waals surface area contributed by atoms with E-state index >= 15 is 0 Å². The standard InChI is InChI=1S/C19H20N6O2S/c1-2-25(19-17-6-8-21-18(17)22-13-23-19)15-7-9-24(12-15)28(26,27)16-5-3-4-14(10-16)11-20/h3-6,8,10,13,15H,2,7,9,12H2,1H3,(H,21,22,23)/t15-/m1/s1. The molecule has 0 aliphatic carbocycles. The van der Waals surface area contributed by atoms with E-state index in [1.54, 1.807) is 12.1 Å². The Morgan fingerprint density at radius 3 is 3.00 bits per heavy atom. The number of hydrogen-bond acceptors (Lipinski definition) is 6. The van der Waals surface area contributed by atoms with Gasteiger partial charge in [0.05, 0.1) is 21.9 Å². The predicted molar refractivity (Wildman–Crippen MR) is 105 cm³/mol. The van der Waals surface area contributed by atoms with Crippen molar-refractivity contribution in [1.82, 2.24) is 19.3 Å². The molecule has 0 radical (unpaired) electrons. The highest BCUT2D eigenvalue weighted by atomic mass is 32.2. The summed E-state index contributed by atoms with van der Waals surface area (Å²) in [5.41, 5.74) is 1.10. The van der Waals surface area contributed by atoms with Crippen molar-refractivity contribution < 1.29 is 8.42 Å². The molecule has 1 saturated heterocycles. The number of fused-ring (bicyclic) bond motifs is 1. The van der Waals surface area contributed by atoms with Crippen LogP contribution in [0.4, 0.5) is 5.82 Å². The Hall–Kier alpha value is -2.96. The van der Waals surface area contributed by atoms with E-state index in [2.05, 4.69) is 19.9 Å². The van der Waals surface area contributed by atoms with Gasteiger partial charge in [0.1, 0.15) is 17.8 Å². The van der Waals surface area contributed by atoms with Crippen LogP contribution >= 0.6 is 0 Å². The van der Waals surface area contributed by atoms with E-state index in [1.807, 2.05) is 25.3 Å². The van der Waals surface area contributed by atoms with Gasteiger partial charge in [-0.25, -0.2) is 18.4 Å².